The number of nitrogens with one attached hydrogen (secondary N) is 1. The number of aromatic nitrogens is 2. The summed E-state index contributed by atoms with van der Waals surface area (Å²) in [5, 5.41) is 20.7. The van der Waals surface area contributed by atoms with E-state index in [-0.39, 0.29) is 12.2 Å². The zero-order valence-corrected chi connectivity index (χ0v) is 24.8. The molecular formula is C28H47N2O9P. The van der Waals surface area contributed by atoms with Crippen molar-refractivity contribution in [3.05, 3.63) is 32.6 Å². The Morgan fingerprint density at radius 2 is 1.48 bits per heavy atom. The van der Waals surface area contributed by atoms with E-state index in [4.69, 9.17) is 13.8 Å². The molecule has 1 aliphatic rings. The molecule has 2 rings (SSSR count). The summed E-state index contributed by atoms with van der Waals surface area (Å²) in [4.78, 5) is 36.1. The van der Waals surface area contributed by atoms with E-state index >= 15 is 0 Å². The van der Waals surface area contributed by atoms with Crippen molar-refractivity contribution in [3.63, 3.8) is 0 Å². The zero-order valence-electron chi connectivity index (χ0n) is 23.9. The van der Waals surface area contributed by atoms with Gasteiger partial charge in [-0.2, -0.15) is 0 Å². The van der Waals surface area contributed by atoms with E-state index in [0.717, 1.165) is 30.0 Å². The first-order valence-electron chi connectivity index (χ1n) is 14.6. The predicted octanol–water partition coefficient (Wildman–Crippen LogP) is 4.14. The Balaban J connectivity index is 1.62. The van der Waals surface area contributed by atoms with Crippen molar-refractivity contribution in [2.75, 3.05) is 13.2 Å². The van der Waals surface area contributed by atoms with Crippen molar-refractivity contribution in [2.45, 2.75) is 128 Å². The molecule has 1 unspecified atom stereocenters. The number of H-pyrrole nitrogens is 1. The molecule has 0 bridgehead atoms. The second-order valence-electron chi connectivity index (χ2n) is 10.3. The van der Waals surface area contributed by atoms with Gasteiger partial charge in [0.1, 0.15) is 23.9 Å². The van der Waals surface area contributed by atoms with Crippen molar-refractivity contribution in [3.8, 4) is 11.8 Å². The quantitative estimate of drug-likeness (QED) is 0.1000. The third-order valence-electron chi connectivity index (χ3n) is 6.99. The number of hydrogen-bond acceptors (Lipinski definition) is 8. The molecule has 1 fully saturated rings. The second-order valence-corrected chi connectivity index (χ2v) is 11.8. The highest BCUT2D eigenvalue weighted by atomic mass is 31.2. The molecule has 4 N–H and O–H groups in total. The van der Waals surface area contributed by atoms with Crippen LogP contribution in [0.4, 0.5) is 0 Å². The van der Waals surface area contributed by atoms with Gasteiger partial charge in [-0.1, -0.05) is 96.3 Å². The molecule has 0 saturated carbocycles. The van der Waals surface area contributed by atoms with E-state index in [2.05, 4.69) is 23.7 Å². The Morgan fingerprint density at radius 3 is 2.02 bits per heavy atom. The molecule has 1 aliphatic heterocycles. The van der Waals surface area contributed by atoms with Crippen molar-refractivity contribution in [1.82, 2.24) is 9.55 Å². The monoisotopic (exact) mass is 586 g/mol. The lowest BCUT2D eigenvalue weighted by Gasteiger charge is -2.18. The first kappa shape index (κ1) is 34.4. The first-order chi connectivity index (χ1) is 19.2. The number of hydrogen-bond donors (Lipinski definition) is 4. The Hall–Kier alpha value is -1.77. The van der Waals surface area contributed by atoms with E-state index in [1.54, 1.807) is 0 Å². The number of rotatable bonds is 20. The van der Waals surface area contributed by atoms with E-state index in [9.17, 15) is 29.3 Å². The average Bonchev–Trinajstić information content (AvgIpc) is 3.20. The molecule has 5 atom stereocenters. The maximum absolute atomic E-state index is 12.3. The summed E-state index contributed by atoms with van der Waals surface area (Å²) in [6, 6.07) is 0. The SMILES string of the molecule is CC#Cc1cn([C@@H]2O[C@H](COP(=O)(O)OCCCCCCCCCCCCCCCC)[C@@H](O)[C@@H]2O)c(=O)[nH]c1=O. The van der Waals surface area contributed by atoms with Crippen molar-refractivity contribution in [2.24, 2.45) is 0 Å². The van der Waals surface area contributed by atoms with Gasteiger partial charge in [-0.15, -0.1) is 5.92 Å². The summed E-state index contributed by atoms with van der Waals surface area (Å²) in [5.41, 5.74) is -1.58. The Kier molecular flexibility index (Phi) is 16.0. The van der Waals surface area contributed by atoms with E-state index in [0.29, 0.717) is 6.42 Å². The van der Waals surface area contributed by atoms with Crippen LogP contribution in [0, 0.1) is 11.8 Å². The Bertz CT molecular complexity index is 1090. The van der Waals surface area contributed by atoms with Gasteiger partial charge in [0, 0.05) is 6.20 Å². The third-order valence-corrected chi connectivity index (χ3v) is 7.98. The van der Waals surface area contributed by atoms with E-state index in [1.165, 1.54) is 71.1 Å². The Labute approximate surface area is 236 Å². The highest BCUT2D eigenvalue weighted by molar-refractivity contribution is 7.47. The highest BCUT2D eigenvalue weighted by Gasteiger charge is 2.45. The summed E-state index contributed by atoms with van der Waals surface area (Å²) in [7, 11) is -4.41. The number of aliphatic hydroxyl groups excluding tert-OH is 2. The topological polar surface area (TPSA) is 160 Å². The molecule has 228 valence electrons. The number of unbranched alkanes of at least 4 members (excludes halogenated alkanes) is 13. The molecule has 2 heterocycles. The molecule has 0 spiro atoms. The summed E-state index contributed by atoms with van der Waals surface area (Å²) in [6.07, 6.45) is 12.2. The molecule has 0 radical (unpaired) electrons. The number of ether oxygens (including phenoxy) is 1. The van der Waals surface area contributed by atoms with Crippen LogP contribution in [0.2, 0.25) is 0 Å². The Morgan fingerprint density at radius 1 is 0.925 bits per heavy atom. The number of aliphatic hydroxyl groups is 2. The van der Waals surface area contributed by atoms with Gasteiger partial charge in [-0.05, 0) is 13.3 Å². The second kappa shape index (κ2) is 18.6. The van der Waals surface area contributed by atoms with Crippen LogP contribution >= 0.6 is 7.82 Å². The van der Waals surface area contributed by atoms with Gasteiger partial charge >= 0.3 is 13.5 Å². The molecule has 0 aromatic carbocycles. The molecule has 1 aromatic rings. The van der Waals surface area contributed by atoms with E-state index < -0.39 is 50.2 Å². The van der Waals surface area contributed by atoms with Crippen molar-refractivity contribution < 1.29 is 33.5 Å². The maximum atomic E-state index is 12.3. The van der Waals surface area contributed by atoms with Gasteiger partial charge in [0.2, 0.25) is 0 Å². The number of nitrogens with zero attached hydrogens (tertiary/aromatic N) is 1. The molecular weight excluding hydrogens is 539 g/mol. The van der Waals surface area contributed by atoms with Crippen LogP contribution in [-0.2, 0) is 18.3 Å². The normalized spacial score (nSPS) is 22.1. The lowest BCUT2D eigenvalue weighted by atomic mass is 10.0. The van der Waals surface area contributed by atoms with E-state index in [1.807, 2.05) is 0 Å². The fraction of sp³-hybridized carbons (Fsp3) is 0.786. The fourth-order valence-corrected chi connectivity index (χ4v) is 5.45. The van der Waals surface area contributed by atoms with Crippen LogP contribution in [0.25, 0.3) is 0 Å². The smallest absolute Gasteiger partial charge is 0.387 e. The van der Waals surface area contributed by atoms with Crippen LogP contribution in [0.5, 0.6) is 0 Å². The summed E-state index contributed by atoms with van der Waals surface area (Å²) in [5.74, 6) is 5.08. The lowest BCUT2D eigenvalue weighted by Crippen LogP contribution is -2.38. The molecule has 40 heavy (non-hydrogen) atoms. The van der Waals surface area contributed by atoms with Gasteiger partial charge in [0.15, 0.2) is 6.23 Å². The lowest BCUT2D eigenvalue weighted by molar-refractivity contribution is -0.0552. The zero-order chi connectivity index (χ0) is 29.4. The third kappa shape index (κ3) is 12.0. The number of phosphoric ester groups is 1. The first-order valence-corrected chi connectivity index (χ1v) is 16.1. The number of aromatic amines is 1. The van der Waals surface area contributed by atoms with Gasteiger partial charge in [0.05, 0.1) is 13.2 Å². The maximum Gasteiger partial charge on any atom is 0.472 e. The number of phosphoric acid groups is 1. The molecule has 0 amide bonds. The van der Waals surface area contributed by atoms with Gasteiger partial charge in [-0.3, -0.25) is 23.4 Å². The van der Waals surface area contributed by atoms with Gasteiger partial charge in [0.25, 0.3) is 5.56 Å². The van der Waals surface area contributed by atoms with Crippen LogP contribution < -0.4 is 11.2 Å². The van der Waals surface area contributed by atoms with Crippen LogP contribution in [-0.4, -0.2) is 56.2 Å². The highest BCUT2D eigenvalue weighted by Crippen LogP contribution is 2.44. The minimum absolute atomic E-state index is 0.0242. The molecule has 1 saturated heterocycles. The standard InChI is InChI=1S/C28H47N2O9P/c1-3-5-6-7-8-9-10-11-12-13-14-15-16-17-19-37-40(35,36)38-21-23-24(31)25(32)27(39-23)30-20-22(18-4-2)26(33)29-28(30)34/h20,23-25,27,31-32H,3,5-17,19,21H2,1-2H3,(H,35,36)(H,29,33,34)/t23-,24-,25+,27-/m1/s1. The van der Waals surface area contributed by atoms with Gasteiger partial charge < -0.3 is 19.8 Å². The molecule has 11 nitrogen and oxygen atoms in total. The van der Waals surface area contributed by atoms with Crippen molar-refractivity contribution >= 4 is 7.82 Å². The molecule has 1 aromatic heterocycles. The van der Waals surface area contributed by atoms with Crippen LogP contribution in [0.1, 0.15) is 116 Å². The summed E-state index contributed by atoms with van der Waals surface area (Å²) >= 11 is 0. The molecule has 12 heteroatoms. The minimum Gasteiger partial charge on any atom is -0.387 e. The average molecular weight is 587 g/mol. The fourth-order valence-electron chi connectivity index (χ4n) is 4.68. The minimum atomic E-state index is -4.41. The largest absolute Gasteiger partial charge is 0.472 e. The summed E-state index contributed by atoms with van der Waals surface area (Å²) in [6.45, 7) is 3.25. The van der Waals surface area contributed by atoms with Crippen LogP contribution in [0.15, 0.2) is 15.8 Å². The summed E-state index contributed by atoms with van der Waals surface area (Å²) < 4.78 is 28.7. The predicted molar refractivity (Wildman–Crippen MR) is 152 cm³/mol. The van der Waals surface area contributed by atoms with Crippen LogP contribution in [0.3, 0.4) is 0 Å². The van der Waals surface area contributed by atoms with Crippen molar-refractivity contribution in [1.29, 1.82) is 0 Å². The molecule has 0 aliphatic carbocycles. The van der Waals surface area contributed by atoms with Gasteiger partial charge in [-0.25, -0.2) is 9.36 Å².